The minimum absolute atomic E-state index is 0.453. The van der Waals surface area contributed by atoms with Crippen LogP contribution in [0.25, 0.3) is 0 Å². The van der Waals surface area contributed by atoms with Crippen molar-refractivity contribution in [1.29, 1.82) is 0 Å². The molecule has 1 nitrogen and oxygen atoms in total. The molecule has 1 rings (SSSR count). The molecule has 0 aliphatic rings. The van der Waals surface area contributed by atoms with E-state index in [0.29, 0.717) is 6.61 Å². The number of allylic oxidation sites excluding steroid dienone is 1. The molecule has 0 bridgehead atoms. The second kappa shape index (κ2) is 7.00. The summed E-state index contributed by atoms with van der Waals surface area (Å²) in [5, 5.41) is 0. The third-order valence-corrected chi connectivity index (χ3v) is 5.38. The Bertz CT molecular complexity index is 467. The average molecular weight is 256 g/mol. The minimum Gasteiger partial charge on any atom is -0.402 e. The van der Waals surface area contributed by atoms with Crippen LogP contribution in [-0.2, 0) is 10.5 Å². The normalized spacial score (nSPS) is 13.0. The van der Waals surface area contributed by atoms with E-state index in [1.54, 1.807) is 0 Å². The maximum Gasteiger partial charge on any atom is 0.219 e. The number of rotatable bonds is 5. The number of hydrogen-bond acceptors (Lipinski definition) is 1. The summed E-state index contributed by atoms with van der Waals surface area (Å²) in [7, 11) is -1.90. The van der Waals surface area contributed by atoms with Gasteiger partial charge in [0.1, 0.15) is 0 Å². The lowest BCUT2D eigenvalue weighted by atomic mass is 10.2. The topological polar surface area (TPSA) is 9.23 Å². The van der Waals surface area contributed by atoms with Crippen LogP contribution in [0.15, 0.2) is 54.8 Å². The van der Waals surface area contributed by atoms with Gasteiger partial charge < -0.3 is 4.43 Å². The fraction of sp³-hybridized carbons (Fsp3) is 0.250. The Hall–Kier alpha value is -1.56. The van der Waals surface area contributed by atoms with E-state index in [1.165, 1.54) is 5.56 Å². The summed E-state index contributed by atoms with van der Waals surface area (Å²) in [6.07, 6.45) is 0. The zero-order valence-corrected chi connectivity index (χ0v) is 12.2. The molecule has 0 saturated carbocycles. The summed E-state index contributed by atoms with van der Waals surface area (Å²) in [5.41, 5.74) is 4.13. The van der Waals surface area contributed by atoms with Crippen LogP contribution in [0, 0.1) is 11.8 Å². The van der Waals surface area contributed by atoms with E-state index in [-0.39, 0.29) is 0 Å². The molecule has 0 aliphatic heterocycles. The monoisotopic (exact) mass is 256 g/mol. The van der Waals surface area contributed by atoms with E-state index in [4.69, 9.17) is 4.43 Å². The van der Waals surface area contributed by atoms with Crippen molar-refractivity contribution in [3.05, 3.63) is 60.3 Å². The van der Waals surface area contributed by atoms with Crippen LogP contribution in [-0.4, -0.2) is 14.9 Å². The predicted octanol–water partition coefficient (Wildman–Crippen LogP) is 3.66. The molecular weight excluding hydrogens is 236 g/mol. The standard InChI is InChI=1S/C16H20OSi/c1-5-18(4,17-13-9-10-15(2)3)14-16-11-7-6-8-12-16/h5-8,11-12H,1-2,13-14H2,3-4H3. The molecule has 1 aromatic carbocycles. The van der Waals surface area contributed by atoms with Crippen LogP contribution in [0.4, 0.5) is 0 Å². The first-order valence-electron chi connectivity index (χ1n) is 6.01. The van der Waals surface area contributed by atoms with Gasteiger partial charge in [0.15, 0.2) is 0 Å². The maximum atomic E-state index is 5.94. The van der Waals surface area contributed by atoms with E-state index in [2.05, 4.69) is 43.7 Å². The van der Waals surface area contributed by atoms with E-state index < -0.39 is 8.32 Å². The van der Waals surface area contributed by atoms with Crippen LogP contribution in [0.1, 0.15) is 12.5 Å². The molecule has 2 heteroatoms. The summed E-state index contributed by atoms with van der Waals surface area (Å²) >= 11 is 0. The minimum atomic E-state index is -1.90. The molecule has 0 spiro atoms. The summed E-state index contributed by atoms with van der Waals surface area (Å²) in [6.45, 7) is 12.2. The fourth-order valence-corrected chi connectivity index (χ4v) is 3.38. The summed E-state index contributed by atoms with van der Waals surface area (Å²) in [5.74, 6) is 5.90. The molecule has 1 aromatic rings. The first-order chi connectivity index (χ1) is 8.56. The van der Waals surface area contributed by atoms with Crippen molar-refractivity contribution in [3.63, 3.8) is 0 Å². The van der Waals surface area contributed by atoms with E-state index in [0.717, 1.165) is 11.6 Å². The molecule has 18 heavy (non-hydrogen) atoms. The second-order valence-corrected chi connectivity index (χ2v) is 8.23. The van der Waals surface area contributed by atoms with Gasteiger partial charge in [0.2, 0.25) is 8.32 Å². The summed E-state index contributed by atoms with van der Waals surface area (Å²) < 4.78 is 5.94. The molecule has 94 valence electrons. The average Bonchev–Trinajstić information content (AvgIpc) is 2.36. The van der Waals surface area contributed by atoms with Crippen molar-refractivity contribution in [2.24, 2.45) is 0 Å². The number of benzene rings is 1. The molecule has 0 radical (unpaired) electrons. The zero-order chi connectivity index (χ0) is 13.4. The Labute approximate surface area is 111 Å². The van der Waals surface area contributed by atoms with Gasteiger partial charge >= 0.3 is 0 Å². The molecule has 0 fully saturated rings. The van der Waals surface area contributed by atoms with Crippen molar-refractivity contribution in [2.45, 2.75) is 19.5 Å². The highest BCUT2D eigenvalue weighted by Gasteiger charge is 2.25. The van der Waals surface area contributed by atoms with Gasteiger partial charge in [-0.05, 0) is 30.7 Å². The quantitative estimate of drug-likeness (QED) is 0.577. The lowest BCUT2D eigenvalue weighted by molar-refractivity contribution is 0.363. The lowest BCUT2D eigenvalue weighted by Gasteiger charge is -2.22. The van der Waals surface area contributed by atoms with Crippen molar-refractivity contribution in [2.75, 3.05) is 6.61 Å². The first-order valence-corrected chi connectivity index (χ1v) is 8.71. The van der Waals surface area contributed by atoms with Gasteiger partial charge in [0.25, 0.3) is 0 Å². The van der Waals surface area contributed by atoms with Crippen LogP contribution in [0.5, 0.6) is 0 Å². The Kier molecular flexibility index (Phi) is 5.64. The molecule has 0 N–H and O–H groups in total. The SMILES string of the molecule is C=C[Si](C)(Cc1ccccc1)OCC#CC(=C)C. The van der Waals surface area contributed by atoms with Crippen LogP contribution >= 0.6 is 0 Å². The summed E-state index contributed by atoms with van der Waals surface area (Å²) in [4.78, 5) is 0. The van der Waals surface area contributed by atoms with Crippen molar-refractivity contribution in [3.8, 4) is 11.8 Å². The predicted molar refractivity (Wildman–Crippen MR) is 80.5 cm³/mol. The molecule has 0 aliphatic carbocycles. The Morgan fingerprint density at radius 3 is 2.61 bits per heavy atom. The second-order valence-electron chi connectivity index (χ2n) is 4.55. The Morgan fingerprint density at radius 2 is 2.06 bits per heavy atom. The third-order valence-electron chi connectivity index (χ3n) is 2.61. The van der Waals surface area contributed by atoms with Crippen molar-refractivity contribution in [1.82, 2.24) is 0 Å². The van der Waals surface area contributed by atoms with Gasteiger partial charge in [0.05, 0.1) is 6.61 Å². The molecule has 1 atom stereocenters. The first kappa shape index (κ1) is 14.5. The highest BCUT2D eigenvalue weighted by molar-refractivity contribution is 6.76. The van der Waals surface area contributed by atoms with Gasteiger partial charge in [-0.1, -0.05) is 54.5 Å². The van der Waals surface area contributed by atoms with E-state index in [9.17, 15) is 0 Å². The Balaban J connectivity index is 2.61. The smallest absolute Gasteiger partial charge is 0.219 e. The lowest BCUT2D eigenvalue weighted by Crippen LogP contribution is -2.35. The molecule has 0 aromatic heterocycles. The fourth-order valence-electron chi connectivity index (χ4n) is 1.57. The Morgan fingerprint density at radius 1 is 1.39 bits per heavy atom. The molecule has 0 amide bonds. The van der Waals surface area contributed by atoms with E-state index >= 15 is 0 Å². The molecule has 0 heterocycles. The van der Waals surface area contributed by atoms with Crippen LogP contribution in [0.2, 0.25) is 6.55 Å². The third kappa shape index (κ3) is 5.18. The number of hydrogen-bond donors (Lipinski definition) is 0. The van der Waals surface area contributed by atoms with E-state index in [1.807, 2.05) is 30.8 Å². The van der Waals surface area contributed by atoms with Crippen LogP contribution < -0.4 is 0 Å². The molecule has 1 unspecified atom stereocenters. The zero-order valence-electron chi connectivity index (χ0n) is 11.2. The maximum absolute atomic E-state index is 5.94. The highest BCUT2D eigenvalue weighted by Crippen LogP contribution is 2.14. The molecule has 0 saturated heterocycles. The van der Waals surface area contributed by atoms with Gasteiger partial charge in [-0.2, -0.15) is 0 Å². The van der Waals surface area contributed by atoms with Gasteiger partial charge in [-0.25, -0.2) is 0 Å². The van der Waals surface area contributed by atoms with Crippen LogP contribution in [0.3, 0.4) is 0 Å². The van der Waals surface area contributed by atoms with Gasteiger partial charge in [-0.3, -0.25) is 0 Å². The largest absolute Gasteiger partial charge is 0.402 e. The highest BCUT2D eigenvalue weighted by atomic mass is 28.4. The van der Waals surface area contributed by atoms with Gasteiger partial charge in [0, 0.05) is 0 Å². The van der Waals surface area contributed by atoms with Gasteiger partial charge in [-0.15, -0.1) is 6.58 Å². The summed E-state index contributed by atoms with van der Waals surface area (Å²) in [6, 6.07) is 11.3. The molecular formula is C16H20OSi. The van der Waals surface area contributed by atoms with Crippen molar-refractivity contribution >= 4 is 8.32 Å². The van der Waals surface area contributed by atoms with Crippen molar-refractivity contribution < 1.29 is 4.43 Å².